The minimum absolute atomic E-state index is 0.148. The molecule has 0 aliphatic heterocycles. The van der Waals surface area contributed by atoms with E-state index in [2.05, 4.69) is 20.2 Å². The van der Waals surface area contributed by atoms with E-state index >= 15 is 0 Å². The van der Waals surface area contributed by atoms with E-state index in [1.165, 1.54) is 12.8 Å². The summed E-state index contributed by atoms with van der Waals surface area (Å²) < 4.78 is 33.0. The van der Waals surface area contributed by atoms with Crippen LogP contribution in [-0.2, 0) is 14.8 Å². The first-order chi connectivity index (χ1) is 12.8. The van der Waals surface area contributed by atoms with E-state index in [9.17, 15) is 13.2 Å². The van der Waals surface area contributed by atoms with Crippen molar-refractivity contribution in [3.63, 3.8) is 0 Å². The smallest absolute Gasteiger partial charge is 0.291 e. The van der Waals surface area contributed by atoms with Gasteiger partial charge in [-0.05, 0) is 49.9 Å². The molecule has 2 N–H and O–H groups in total. The predicted octanol–water partition coefficient (Wildman–Crippen LogP) is 3.25. The van der Waals surface area contributed by atoms with Gasteiger partial charge in [-0.2, -0.15) is 8.42 Å². The van der Waals surface area contributed by atoms with Crippen LogP contribution in [0, 0.1) is 5.92 Å². The lowest BCUT2D eigenvalue weighted by molar-refractivity contribution is -0.118. The lowest BCUT2D eigenvalue weighted by Crippen LogP contribution is -2.17. The van der Waals surface area contributed by atoms with Gasteiger partial charge in [0.15, 0.2) is 0 Å². The molecule has 0 atom stereocenters. The molecule has 0 spiro atoms. The summed E-state index contributed by atoms with van der Waals surface area (Å²) in [5.74, 6) is 0.234. The van der Waals surface area contributed by atoms with Gasteiger partial charge in [-0.25, -0.2) is 0 Å². The highest BCUT2D eigenvalue weighted by molar-refractivity contribution is 7.94. The molecule has 146 valence electrons. The van der Waals surface area contributed by atoms with Gasteiger partial charge in [0.1, 0.15) is 5.75 Å². The van der Waals surface area contributed by atoms with Gasteiger partial charge in [-0.1, -0.05) is 25.2 Å². The number of nitrogens with zero attached hydrogens (tertiary/aromatic N) is 2. The van der Waals surface area contributed by atoms with Crippen LogP contribution in [0.1, 0.15) is 39.5 Å². The van der Waals surface area contributed by atoms with Gasteiger partial charge in [0.05, 0.1) is 6.10 Å². The Hall–Kier alpha value is -2.20. The number of anilines is 2. The highest BCUT2D eigenvalue weighted by atomic mass is 32.2. The Bertz CT molecular complexity index is 888. The Morgan fingerprint density at radius 3 is 2.48 bits per heavy atom. The van der Waals surface area contributed by atoms with Gasteiger partial charge >= 0.3 is 0 Å². The van der Waals surface area contributed by atoms with Gasteiger partial charge in [-0.15, -0.1) is 10.2 Å². The molecule has 1 amide bonds. The first-order valence-electron chi connectivity index (χ1n) is 8.77. The zero-order valence-electron chi connectivity index (χ0n) is 15.1. The van der Waals surface area contributed by atoms with Crippen molar-refractivity contribution >= 4 is 38.1 Å². The molecule has 1 saturated carbocycles. The SMILES string of the molecule is CC(C)C(=O)Nc1nnc(S(=O)(=O)Nc2ccc(OC3CCCC3)cc2)s1. The first-order valence-corrected chi connectivity index (χ1v) is 11.1. The van der Waals surface area contributed by atoms with Crippen LogP contribution in [0.25, 0.3) is 0 Å². The van der Waals surface area contributed by atoms with E-state index in [-0.39, 0.29) is 27.4 Å². The van der Waals surface area contributed by atoms with E-state index in [4.69, 9.17) is 4.74 Å². The Morgan fingerprint density at radius 2 is 1.85 bits per heavy atom. The fourth-order valence-electron chi connectivity index (χ4n) is 2.62. The van der Waals surface area contributed by atoms with Crippen molar-refractivity contribution < 1.29 is 17.9 Å². The van der Waals surface area contributed by atoms with Gasteiger partial charge in [0, 0.05) is 11.6 Å². The standard InChI is InChI=1S/C17H22N4O4S2/c1-11(2)15(22)18-16-19-20-17(26-16)27(23,24)21-12-7-9-14(10-8-12)25-13-5-3-4-6-13/h7-11,13,21H,3-6H2,1-2H3,(H,18,19,22). The van der Waals surface area contributed by atoms with Crippen molar-refractivity contribution in [2.24, 2.45) is 5.92 Å². The van der Waals surface area contributed by atoms with Crippen molar-refractivity contribution in [3.8, 4) is 5.75 Å². The number of sulfonamides is 1. The molecule has 27 heavy (non-hydrogen) atoms. The Kier molecular flexibility index (Phi) is 5.95. The van der Waals surface area contributed by atoms with Crippen LogP contribution in [0.3, 0.4) is 0 Å². The first kappa shape index (κ1) is 19.6. The number of amides is 1. The van der Waals surface area contributed by atoms with E-state index in [0.29, 0.717) is 5.69 Å². The minimum atomic E-state index is -3.88. The third kappa shape index (κ3) is 5.16. The summed E-state index contributed by atoms with van der Waals surface area (Å²) >= 11 is 0.800. The summed E-state index contributed by atoms with van der Waals surface area (Å²) in [5, 5.41) is 10.1. The van der Waals surface area contributed by atoms with Crippen LogP contribution in [-0.4, -0.2) is 30.6 Å². The van der Waals surface area contributed by atoms with Gasteiger partial charge in [0.25, 0.3) is 14.4 Å². The molecule has 8 nitrogen and oxygen atoms in total. The number of nitrogens with one attached hydrogen (secondary N) is 2. The summed E-state index contributed by atoms with van der Waals surface area (Å²) in [4.78, 5) is 11.7. The number of rotatable bonds is 7. The zero-order valence-corrected chi connectivity index (χ0v) is 16.8. The lowest BCUT2D eigenvalue weighted by Gasteiger charge is -2.13. The second kappa shape index (κ2) is 8.22. The molecule has 0 bridgehead atoms. The summed E-state index contributed by atoms with van der Waals surface area (Å²) in [6, 6.07) is 6.77. The quantitative estimate of drug-likeness (QED) is 0.678. The maximum atomic E-state index is 12.5. The average molecular weight is 411 g/mol. The normalized spacial score (nSPS) is 15.1. The molecule has 3 rings (SSSR count). The molecule has 0 unspecified atom stereocenters. The highest BCUT2D eigenvalue weighted by Crippen LogP contribution is 2.27. The predicted molar refractivity (Wildman–Crippen MR) is 104 cm³/mol. The van der Waals surface area contributed by atoms with Gasteiger partial charge in [-0.3, -0.25) is 9.52 Å². The number of hydrogen-bond acceptors (Lipinski definition) is 7. The maximum Gasteiger partial charge on any atom is 0.291 e. The molecular weight excluding hydrogens is 388 g/mol. The summed E-state index contributed by atoms with van der Waals surface area (Å²) in [5.41, 5.74) is 0.400. The van der Waals surface area contributed by atoms with Gasteiger partial charge in [0.2, 0.25) is 11.0 Å². The van der Waals surface area contributed by atoms with E-state index < -0.39 is 10.0 Å². The molecule has 1 aromatic carbocycles. The van der Waals surface area contributed by atoms with E-state index in [1.54, 1.807) is 38.1 Å². The third-order valence-electron chi connectivity index (χ3n) is 4.10. The average Bonchev–Trinajstić information content (AvgIpc) is 3.28. The second-order valence-electron chi connectivity index (χ2n) is 6.67. The van der Waals surface area contributed by atoms with E-state index in [1.807, 2.05) is 0 Å². The van der Waals surface area contributed by atoms with Crippen molar-refractivity contribution in [3.05, 3.63) is 24.3 Å². The minimum Gasteiger partial charge on any atom is -0.490 e. The van der Waals surface area contributed by atoms with Crippen LogP contribution in [0.4, 0.5) is 10.8 Å². The molecule has 1 aromatic heterocycles. The zero-order chi connectivity index (χ0) is 19.4. The van der Waals surface area contributed by atoms with Crippen molar-refractivity contribution in [2.75, 3.05) is 10.0 Å². The molecule has 1 aliphatic carbocycles. The summed E-state index contributed by atoms with van der Waals surface area (Å²) in [6.45, 7) is 3.46. The number of ether oxygens (including phenoxy) is 1. The van der Waals surface area contributed by atoms with Crippen LogP contribution in [0.15, 0.2) is 28.6 Å². The van der Waals surface area contributed by atoms with Crippen molar-refractivity contribution in [1.29, 1.82) is 0 Å². The molecule has 1 fully saturated rings. The van der Waals surface area contributed by atoms with Crippen LogP contribution in [0.2, 0.25) is 0 Å². The Labute approximate surface area is 162 Å². The Balaban J connectivity index is 1.63. The largest absolute Gasteiger partial charge is 0.490 e. The molecule has 0 radical (unpaired) electrons. The second-order valence-corrected chi connectivity index (χ2v) is 9.50. The fourth-order valence-corrected chi connectivity index (χ4v) is 4.58. The molecule has 1 aliphatic rings. The maximum absolute atomic E-state index is 12.5. The number of carbonyl (C=O) groups is 1. The third-order valence-corrected chi connectivity index (χ3v) is 6.69. The fraction of sp³-hybridized carbons (Fsp3) is 0.471. The van der Waals surface area contributed by atoms with Crippen molar-refractivity contribution in [1.82, 2.24) is 10.2 Å². The molecular formula is C17H22N4O4S2. The topological polar surface area (TPSA) is 110 Å². The lowest BCUT2D eigenvalue weighted by atomic mass is 10.2. The van der Waals surface area contributed by atoms with Gasteiger partial charge < -0.3 is 10.1 Å². The molecule has 0 saturated heterocycles. The molecule has 2 aromatic rings. The monoisotopic (exact) mass is 410 g/mol. The number of benzene rings is 1. The Morgan fingerprint density at radius 1 is 1.19 bits per heavy atom. The molecule has 10 heteroatoms. The van der Waals surface area contributed by atoms with Crippen molar-refractivity contribution in [2.45, 2.75) is 50.0 Å². The number of hydrogen-bond donors (Lipinski definition) is 2. The highest BCUT2D eigenvalue weighted by Gasteiger charge is 2.22. The van der Waals surface area contributed by atoms with Crippen LogP contribution < -0.4 is 14.8 Å². The van der Waals surface area contributed by atoms with E-state index in [0.717, 1.165) is 29.9 Å². The number of carbonyl (C=O) groups excluding carboxylic acids is 1. The number of aromatic nitrogens is 2. The van der Waals surface area contributed by atoms with Crippen LogP contribution in [0.5, 0.6) is 5.75 Å². The summed E-state index contributed by atoms with van der Waals surface area (Å²) in [7, 11) is -3.88. The summed E-state index contributed by atoms with van der Waals surface area (Å²) in [6.07, 6.45) is 4.73. The van der Waals surface area contributed by atoms with Crippen LogP contribution >= 0.6 is 11.3 Å². The molecule has 1 heterocycles.